The molecule has 1 aromatic carbocycles. The highest BCUT2D eigenvalue weighted by molar-refractivity contribution is 5.91. The molecule has 0 spiro atoms. The number of hydrogen-bond acceptors (Lipinski definition) is 2. The van der Waals surface area contributed by atoms with Crippen LogP contribution in [-0.2, 0) is 4.79 Å². The summed E-state index contributed by atoms with van der Waals surface area (Å²) in [7, 11) is 1.63. The number of amides is 2. The number of anilines is 1. The van der Waals surface area contributed by atoms with Crippen molar-refractivity contribution >= 4 is 17.7 Å². The first-order chi connectivity index (χ1) is 7.61. The van der Waals surface area contributed by atoms with E-state index in [1.165, 1.54) is 4.90 Å². The number of carbonyl (C=O) groups is 2. The highest BCUT2D eigenvalue weighted by atomic mass is 16.4. The molecule has 0 unspecified atom stereocenters. The molecule has 0 heterocycles. The van der Waals surface area contributed by atoms with Crippen LogP contribution in [0.2, 0.25) is 0 Å². The fourth-order valence-corrected chi connectivity index (χ4v) is 1.16. The Balaban J connectivity index is 2.45. The van der Waals surface area contributed by atoms with E-state index in [0.717, 1.165) is 5.69 Å². The van der Waals surface area contributed by atoms with E-state index in [1.807, 2.05) is 18.2 Å². The van der Waals surface area contributed by atoms with Gasteiger partial charge in [0.05, 0.1) is 6.42 Å². The van der Waals surface area contributed by atoms with Crippen LogP contribution >= 0.6 is 0 Å². The third-order valence-corrected chi connectivity index (χ3v) is 2.06. The van der Waals surface area contributed by atoms with Gasteiger partial charge in [0, 0.05) is 19.3 Å². The summed E-state index contributed by atoms with van der Waals surface area (Å²) in [4.78, 5) is 23.2. The number of carboxylic acids is 1. The minimum absolute atomic E-state index is 0.0750. The van der Waals surface area contributed by atoms with Crippen LogP contribution in [0.25, 0.3) is 0 Å². The van der Waals surface area contributed by atoms with E-state index >= 15 is 0 Å². The van der Waals surface area contributed by atoms with Crippen molar-refractivity contribution in [3.63, 3.8) is 0 Å². The number of carboxylic acid groups (broad SMARTS) is 1. The normalized spacial score (nSPS) is 9.56. The highest BCUT2D eigenvalue weighted by Crippen LogP contribution is 2.10. The Labute approximate surface area is 93.7 Å². The molecule has 16 heavy (non-hydrogen) atoms. The maximum absolute atomic E-state index is 11.5. The summed E-state index contributed by atoms with van der Waals surface area (Å²) in [6, 6.07) is 8.81. The Hall–Kier alpha value is -2.04. The largest absolute Gasteiger partial charge is 0.481 e. The van der Waals surface area contributed by atoms with E-state index in [-0.39, 0.29) is 19.0 Å². The summed E-state index contributed by atoms with van der Waals surface area (Å²) < 4.78 is 0. The van der Waals surface area contributed by atoms with Crippen LogP contribution in [0.4, 0.5) is 10.5 Å². The molecule has 1 rings (SSSR count). The summed E-state index contributed by atoms with van der Waals surface area (Å²) in [5.74, 6) is -0.928. The summed E-state index contributed by atoms with van der Waals surface area (Å²) in [5.41, 5.74) is 0.760. The van der Waals surface area contributed by atoms with Gasteiger partial charge in [0.1, 0.15) is 0 Å². The van der Waals surface area contributed by atoms with Crippen molar-refractivity contribution in [2.75, 3.05) is 18.5 Å². The zero-order chi connectivity index (χ0) is 12.0. The molecule has 0 atom stereocenters. The molecule has 0 saturated heterocycles. The Morgan fingerprint density at radius 3 is 2.50 bits per heavy atom. The van der Waals surface area contributed by atoms with Gasteiger partial charge in [0.15, 0.2) is 0 Å². The van der Waals surface area contributed by atoms with E-state index in [9.17, 15) is 9.59 Å². The van der Waals surface area contributed by atoms with Gasteiger partial charge in [-0.2, -0.15) is 0 Å². The standard InChI is InChI=1S/C11H14N2O3/c1-13(9-5-3-2-4-6-9)11(16)12-8-7-10(14)15/h2-6H,7-8H2,1H3,(H,12,16)(H,14,15). The van der Waals surface area contributed by atoms with E-state index < -0.39 is 5.97 Å². The van der Waals surface area contributed by atoms with Crippen molar-refractivity contribution in [2.45, 2.75) is 6.42 Å². The molecule has 86 valence electrons. The molecular formula is C11H14N2O3. The van der Waals surface area contributed by atoms with Crippen LogP contribution in [0.3, 0.4) is 0 Å². The zero-order valence-corrected chi connectivity index (χ0v) is 9.01. The number of carbonyl (C=O) groups excluding carboxylic acids is 1. The van der Waals surface area contributed by atoms with Gasteiger partial charge in [-0.25, -0.2) is 4.79 Å². The number of hydrogen-bond donors (Lipinski definition) is 2. The number of nitrogens with zero attached hydrogens (tertiary/aromatic N) is 1. The lowest BCUT2D eigenvalue weighted by Gasteiger charge is -2.17. The number of urea groups is 1. The lowest BCUT2D eigenvalue weighted by molar-refractivity contribution is -0.136. The summed E-state index contributed by atoms with van der Waals surface area (Å²) in [5, 5.41) is 10.9. The monoisotopic (exact) mass is 222 g/mol. The summed E-state index contributed by atoms with van der Waals surface area (Å²) in [6.45, 7) is 0.130. The van der Waals surface area contributed by atoms with Crippen molar-refractivity contribution in [2.24, 2.45) is 0 Å². The molecular weight excluding hydrogens is 208 g/mol. The van der Waals surface area contributed by atoms with E-state index in [4.69, 9.17) is 5.11 Å². The lowest BCUT2D eigenvalue weighted by Crippen LogP contribution is -2.38. The molecule has 5 heteroatoms. The van der Waals surface area contributed by atoms with Gasteiger partial charge in [-0.3, -0.25) is 9.69 Å². The number of benzene rings is 1. The van der Waals surface area contributed by atoms with Gasteiger partial charge >= 0.3 is 12.0 Å². The minimum atomic E-state index is -0.928. The molecule has 0 fully saturated rings. The van der Waals surface area contributed by atoms with Gasteiger partial charge in [0.25, 0.3) is 0 Å². The molecule has 2 amide bonds. The average molecular weight is 222 g/mol. The van der Waals surface area contributed by atoms with Crippen molar-refractivity contribution in [1.82, 2.24) is 5.32 Å². The predicted octanol–water partition coefficient (Wildman–Crippen LogP) is 1.31. The van der Waals surface area contributed by atoms with E-state index in [2.05, 4.69) is 5.32 Å². The third-order valence-electron chi connectivity index (χ3n) is 2.06. The second kappa shape index (κ2) is 5.75. The first kappa shape index (κ1) is 12.0. The minimum Gasteiger partial charge on any atom is -0.481 e. The summed E-state index contributed by atoms with van der Waals surface area (Å²) in [6.07, 6.45) is -0.0750. The fraction of sp³-hybridized carbons (Fsp3) is 0.273. The van der Waals surface area contributed by atoms with Crippen LogP contribution in [-0.4, -0.2) is 30.7 Å². The maximum atomic E-state index is 11.5. The topological polar surface area (TPSA) is 69.6 Å². The Kier molecular flexibility index (Phi) is 4.32. The Morgan fingerprint density at radius 2 is 1.94 bits per heavy atom. The maximum Gasteiger partial charge on any atom is 0.321 e. The average Bonchev–Trinajstić information content (AvgIpc) is 2.28. The molecule has 2 N–H and O–H groups in total. The van der Waals surface area contributed by atoms with Gasteiger partial charge in [-0.15, -0.1) is 0 Å². The molecule has 0 aromatic heterocycles. The first-order valence-corrected chi connectivity index (χ1v) is 4.89. The zero-order valence-electron chi connectivity index (χ0n) is 9.01. The number of nitrogens with one attached hydrogen (secondary N) is 1. The molecule has 0 bridgehead atoms. The van der Waals surface area contributed by atoms with E-state index in [0.29, 0.717) is 0 Å². The smallest absolute Gasteiger partial charge is 0.321 e. The van der Waals surface area contributed by atoms with Gasteiger partial charge in [-0.1, -0.05) is 18.2 Å². The van der Waals surface area contributed by atoms with Crippen molar-refractivity contribution < 1.29 is 14.7 Å². The van der Waals surface area contributed by atoms with Crippen molar-refractivity contribution in [3.05, 3.63) is 30.3 Å². The van der Waals surface area contributed by atoms with Crippen LogP contribution in [0, 0.1) is 0 Å². The van der Waals surface area contributed by atoms with Gasteiger partial charge < -0.3 is 10.4 Å². The molecule has 0 saturated carbocycles. The number of rotatable bonds is 4. The highest BCUT2D eigenvalue weighted by Gasteiger charge is 2.09. The van der Waals surface area contributed by atoms with Crippen molar-refractivity contribution in [1.29, 1.82) is 0 Å². The molecule has 0 aliphatic rings. The Bertz CT molecular complexity index is 365. The summed E-state index contributed by atoms with van der Waals surface area (Å²) >= 11 is 0. The molecule has 1 aromatic rings. The fourth-order valence-electron chi connectivity index (χ4n) is 1.16. The number of para-hydroxylation sites is 1. The van der Waals surface area contributed by atoms with Crippen molar-refractivity contribution in [3.8, 4) is 0 Å². The molecule has 0 aliphatic carbocycles. The second-order valence-corrected chi connectivity index (χ2v) is 3.27. The van der Waals surface area contributed by atoms with E-state index in [1.54, 1.807) is 19.2 Å². The van der Waals surface area contributed by atoms with Gasteiger partial charge in [-0.05, 0) is 12.1 Å². The van der Waals surface area contributed by atoms with Crippen LogP contribution in [0.5, 0.6) is 0 Å². The third kappa shape index (κ3) is 3.61. The SMILES string of the molecule is CN(C(=O)NCCC(=O)O)c1ccccc1. The van der Waals surface area contributed by atoms with Crippen LogP contribution in [0.1, 0.15) is 6.42 Å². The number of aliphatic carboxylic acids is 1. The quantitative estimate of drug-likeness (QED) is 0.806. The predicted molar refractivity (Wildman–Crippen MR) is 60.5 cm³/mol. The molecule has 0 aliphatic heterocycles. The van der Waals surface area contributed by atoms with Crippen LogP contribution in [0.15, 0.2) is 30.3 Å². The second-order valence-electron chi connectivity index (χ2n) is 3.27. The van der Waals surface area contributed by atoms with Crippen LogP contribution < -0.4 is 10.2 Å². The lowest BCUT2D eigenvalue weighted by atomic mass is 10.3. The Morgan fingerprint density at radius 1 is 1.31 bits per heavy atom. The molecule has 0 radical (unpaired) electrons. The van der Waals surface area contributed by atoms with Gasteiger partial charge in [0.2, 0.25) is 0 Å². The molecule has 5 nitrogen and oxygen atoms in total. The first-order valence-electron chi connectivity index (χ1n) is 4.89.